The summed E-state index contributed by atoms with van der Waals surface area (Å²) in [5.41, 5.74) is 0. The average Bonchev–Trinajstić information content (AvgIpc) is 2.15. The van der Waals surface area contributed by atoms with E-state index in [1.807, 2.05) is 0 Å². The number of rotatable bonds is 4. The number of halogens is 1. The molecule has 1 unspecified atom stereocenters. The first kappa shape index (κ1) is 11.2. The minimum absolute atomic E-state index is 0.702. The van der Waals surface area contributed by atoms with Crippen LogP contribution < -0.4 is 5.32 Å². The van der Waals surface area contributed by atoms with Crippen LogP contribution in [0.1, 0.15) is 19.8 Å². The highest BCUT2D eigenvalue weighted by molar-refractivity contribution is 9.11. The van der Waals surface area contributed by atoms with Gasteiger partial charge in [-0.25, -0.2) is 0 Å². The summed E-state index contributed by atoms with van der Waals surface area (Å²) in [6.07, 6.45) is 2.62. The van der Waals surface area contributed by atoms with Crippen molar-refractivity contribution in [2.24, 2.45) is 0 Å². The summed E-state index contributed by atoms with van der Waals surface area (Å²) in [6.45, 7) is 10.5. The van der Waals surface area contributed by atoms with E-state index in [2.05, 4.69) is 39.6 Å². The first-order chi connectivity index (χ1) is 6.24. The van der Waals surface area contributed by atoms with Crippen LogP contribution in [0.4, 0.5) is 0 Å². The van der Waals surface area contributed by atoms with Gasteiger partial charge in [0.2, 0.25) is 0 Å². The lowest BCUT2D eigenvalue weighted by atomic mass is 10.1. The van der Waals surface area contributed by atoms with Crippen LogP contribution in [0.25, 0.3) is 0 Å². The molecule has 0 radical (unpaired) electrons. The van der Waals surface area contributed by atoms with Gasteiger partial charge in [-0.15, -0.1) is 0 Å². The van der Waals surface area contributed by atoms with E-state index in [1.165, 1.54) is 19.4 Å². The second-order valence-corrected chi connectivity index (χ2v) is 4.70. The molecule has 1 aliphatic heterocycles. The molecule has 1 fully saturated rings. The van der Waals surface area contributed by atoms with Crippen LogP contribution in [0.3, 0.4) is 0 Å². The molecule has 0 spiro atoms. The van der Waals surface area contributed by atoms with Gasteiger partial charge in [0.15, 0.2) is 0 Å². The van der Waals surface area contributed by atoms with Crippen LogP contribution in [-0.4, -0.2) is 37.1 Å². The fraction of sp³-hybridized carbons (Fsp3) is 0.800. The van der Waals surface area contributed by atoms with E-state index >= 15 is 0 Å². The largest absolute Gasteiger partial charge is 0.315 e. The first-order valence-electron chi connectivity index (χ1n) is 5.02. The summed E-state index contributed by atoms with van der Waals surface area (Å²) in [5.74, 6) is 0. The molecular weight excluding hydrogens is 228 g/mol. The van der Waals surface area contributed by atoms with Gasteiger partial charge < -0.3 is 5.32 Å². The Balaban J connectivity index is 2.39. The average molecular weight is 247 g/mol. The van der Waals surface area contributed by atoms with E-state index in [0.717, 1.165) is 24.1 Å². The molecule has 1 N–H and O–H groups in total. The fourth-order valence-electron chi connectivity index (χ4n) is 1.86. The molecule has 0 bridgehead atoms. The maximum absolute atomic E-state index is 3.89. The molecule has 76 valence electrons. The van der Waals surface area contributed by atoms with E-state index < -0.39 is 0 Å². The van der Waals surface area contributed by atoms with Gasteiger partial charge in [0.1, 0.15) is 0 Å². The van der Waals surface area contributed by atoms with Gasteiger partial charge in [0.05, 0.1) is 0 Å². The van der Waals surface area contributed by atoms with Gasteiger partial charge in [-0.3, -0.25) is 4.90 Å². The van der Waals surface area contributed by atoms with E-state index in [-0.39, 0.29) is 0 Å². The quantitative estimate of drug-likeness (QED) is 0.817. The smallest absolute Gasteiger partial charge is 0.0297 e. The molecule has 0 aromatic carbocycles. The molecule has 0 aromatic heterocycles. The Labute approximate surface area is 89.5 Å². The number of hydrogen-bond acceptors (Lipinski definition) is 2. The minimum Gasteiger partial charge on any atom is -0.315 e. The third-order valence-electron chi connectivity index (χ3n) is 2.57. The normalized spacial score (nSPS) is 23.5. The van der Waals surface area contributed by atoms with Crippen LogP contribution in [-0.2, 0) is 0 Å². The summed E-state index contributed by atoms with van der Waals surface area (Å²) in [5, 5.41) is 3.44. The Morgan fingerprint density at radius 1 is 1.69 bits per heavy atom. The number of piperidine rings is 1. The molecule has 3 heteroatoms. The second kappa shape index (κ2) is 5.78. The Hall–Kier alpha value is 0.140. The van der Waals surface area contributed by atoms with Gasteiger partial charge in [-0.1, -0.05) is 29.4 Å². The molecule has 13 heavy (non-hydrogen) atoms. The van der Waals surface area contributed by atoms with Gasteiger partial charge in [0, 0.05) is 23.6 Å². The molecule has 1 saturated heterocycles. The van der Waals surface area contributed by atoms with Crippen molar-refractivity contribution in [1.82, 2.24) is 10.2 Å². The van der Waals surface area contributed by atoms with Crippen LogP contribution in [0.15, 0.2) is 11.1 Å². The fourth-order valence-corrected chi connectivity index (χ4v) is 2.19. The topological polar surface area (TPSA) is 15.3 Å². The monoisotopic (exact) mass is 246 g/mol. The van der Waals surface area contributed by atoms with Crippen molar-refractivity contribution in [2.75, 3.05) is 26.2 Å². The first-order valence-corrected chi connectivity index (χ1v) is 5.81. The third-order valence-corrected chi connectivity index (χ3v) is 2.82. The molecule has 1 aliphatic rings. The van der Waals surface area contributed by atoms with Gasteiger partial charge in [0.25, 0.3) is 0 Å². The number of nitrogens with zero attached hydrogens (tertiary/aromatic N) is 1. The lowest BCUT2D eigenvalue weighted by molar-refractivity contribution is 0.191. The predicted octanol–water partition coefficient (Wildman–Crippen LogP) is 1.97. The van der Waals surface area contributed by atoms with Crippen molar-refractivity contribution in [2.45, 2.75) is 25.8 Å². The molecule has 0 amide bonds. The van der Waals surface area contributed by atoms with E-state index in [4.69, 9.17) is 0 Å². The Bertz CT molecular complexity index is 164. The minimum atomic E-state index is 0.702. The van der Waals surface area contributed by atoms with Crippen molar-refractivity contribution in [3.63, 3.8) is 0 Å². The lowest BCUT2D eigenvalue weighted by Gasteiger charge is -2.33. The van der Waals surface area contributed by atoms with E-state index in [1.54, 1.807) is 0 Å². The summed E-state index contributed by atoms with van der Waals surface area (Å²) in [4.78, 5) is 2.48. The van der Waals surface area contributed by atoms with Gasteiger partial charge >= 0.3 is 0 Å². The van der Waals surface area contributed by atoms with E-state index in [0.29, 0.717) is 6.04 Å². The highest BCUT2D eigenvalue weighted by Crippen LogP contribution is 2.13. The molecular formula is C10H19BrN2. The Morgan fingerprint density at radius 2 is 2.46 bits per heavy atom. The molecule has 1 atom stereocenters. The Morgan fingerprint density at radius 3 is 2.92 bits per heavy atom. The number of likely N-dealkylation sites (N-methyl/N-ethyl adjacent to an activating group) is 1. The number of hydrogen-bond donors (Lipinski definition) is 1. The highest BCUT2D eigenvalue weighted by atomic mass is 79.9. The van der Waals surface area contributed by atoms with Crippen molar-refractivity contribution >= 4 is 15.9 Å². The summed E-state index contributed by atoms with van der Waals surface area (Å²) in [6, 6.07) is 0.702. The molecule has 0 aromatic rings. The lowest BCUT2D eigenvalue weighted by Crippen LogP contribution is -2.46. The van der Waals surface area contributed by atoms with Crippen LogP contribution in [0.5, 0.6) is 0 Å². The van der Waals surface area contributed by atoms with Crippen LogP contribution in [0, 0.1) is 0 Å². The van der Waals surface area contributed by atoms with Crippen molar-refractivity contribution in [3.8, 4) is 0 Å². The standard InChI is InChI=1S/C10H19BrN2/c1-3-13(8-9(2)11)10-5-4-6-12-7-10/h10,12H,2-8H2,1H3. The molecule has 1 rings (SSSR count). The van der Waals surface area contributed by atoms with Crippen molar-refractivity contribution in [1.29, 1.82) is 0 Å². The van der Waals surface area contributed by atoms with E-state index in [9.17, 15) is 0 Å². The molecule has 0 aliphatic carbocycles. The summed E-state index contributed by atoms with van der Waals surface area (Å²) >= 11 is 3.43. The maximum Gasteiger partial charge on any atom is 0.0297 e. The van der Waals surface area contributed by atoms with Crippen LogP contribution in [0.2, 0.25) is 0 Å². The zero-order valence-electron chi connectivity index (χ0n) is 8.35. The summed E-state index contributed by atoms with van der Waals surface area (Å²) in [7, 11) is 0. The van der Waals surface area contributed by atoms with Crippen molar-refractivity contribution < 1.29 is 0 Å². The van der Waals surface area contributed by atoms with Gasteiger partial charge in [-0.2, -0.15) is 0 Å². The number of nitrogens with one attached hydrogen (secondary N) is 1. The maximum atomic E-state index is 3.89. The Kier molecular flexibility index (Phi) is 4.99. The summed E-state index contributed by atoms with van der Waals surface area (Å²) < 4.78 is 1.08. The molecule has 2 nitrogen and oxygen atoms in total. The van der Waals surface area contributed by atoms with Crippen molar-refractivity contribution in [3.05, 3.63) is 11.1 Å². The SMILES string of the molecule is C=C(Br)CN(CC)C1CCCNC1. The van der Waals surface area contributed by atoms with Gasteiger partial charge in [-0.05, 0) is 25.9 Å². The zero-order chi connectivity index (χ0) is 9.68. The second-order valence-electron chi connectivity index (χ2n) is 3.58. The zero-order valence-corrected chi connectivity index (χ0v) is 9.94. The van der Waals surface area contributed by atoms with Crippen LogP contribution >= 0.6 is 15.9 Å². The third kappa shape index (κ3) is 3.79. The molecule has 1 heterocycles. The highest BCUT2D eigenvalue weighted by Gasteiger charge is 2.19. The molecule has 0 saturated carbocycles. The predicted molar refractivity (Wildman–Crippen MR) is 61.2 cm³/mol.